The molecule has 2 aliphatic rings. The number of anilines is 1. The molecule has 0 bridgehead atoms. The Bertz CT molecular complexity index is 431. The van der Waals surface area contributed by atoms with Gasteiger partial charge >= 0.3 is 0 Å². The molecule has 100 valence electrons. The van der Waals surface area contributed by atoms with Gasteiger partial charge in [-0.15, -0.1) is 11.3 Å². The molecule has 1 aromatic heterocycles. The van der Waals surface area contributed by atoms with E-state index in [2.05, 4.69) is 18.7 Å². The maximum Gasteiger partial charge on any atom is 0.186 e. The van der Waals surface area contributed by atoms with Crippen molar-refractivity contribution in [2.24, 2.45) is 5.92 Å². The summed E-state index contributed by atoms with van der Waals surface area (Å²) in [5, 5.41) is 11.1. The Morgan fingerprint density at radius 3 is 2.89 bits per heavy atom. The lowest BCUT2D eigenvalue weighted by Crippen LogP contribution is -2.40. The predicted octanol–water partition coefficient (Wildman–Crippen LogP) is 3.14. The molecule has 1 saturated heterocycles. The average Bonchev–Trinajstić information content (AvgIpc) is 2.74. The molecular formula is C14H22N2OS. The molecule has 3 rings (SSSR count). The smallest absolute Gasteiger partial charge is 0.186 e. The van der Waals surface area contributed by atoms with Gasteiger partial charge in [0.2, 0.25) is 0 Å². The topological polar surface area (TPSA) is 36.4 Å². The Morgan fingerprint density at radius 2 is 2.17 bits per heavy atom. The van der Waals surface area contributed by atoms with Crippen molar-refractivity contribution < 1.29 is 5.11 Å². The molecule has 1 N–H and O–H groups in total. The Kier molecular flexibility index (Phi) is 3.32. The van der Waals surface area contributed by atoms with E-state index in [0.717, 1.165) is 42.6 Å². The Hall–Kier alpha value is -0.610. The number of piperidine rings is 1. The fourth-order valence-electron chi connectivity index (χ4n) is 3.20. The first-order valence-electron chi connectivity index (χ1n) is 7.09. The fraction of sp³-hybridized carbons (Fsp3) is 0.786. The summed E-state index contributed by atoms with van der Waals surface area (Å²) >= 11 is 1.81. The Morgan fingerprint density at radius 1 is 1.33 bits per heavy atom. The predicted molar refractivity (Wildman–Crippen MR) is 75.2 cm³/mol. The number of rotatable bonds is 1. The number of fused-ring (bicyclic) bond motifs is 1. The van der Waals surface area contributed by atoms with Gasteiger partial charge in [0, 0.05) is 17.5 Å². The zero-order valence-corrected chi connectivity index (χ0v) is 12.0. The van der Waals surface area contributed by atoms with E-state index in [9.17, 15) is 5.11 Å². The van der Waals surface area contributed by atoms with E-state index < -0.39 is 0 Å². The summed E-state index contributed by atoms with van der Waals surface area (Å²) in [6.07, 6.45) is 5.27. The SMILES string of the molecule is CC1CCN(c2nc3c(s2)CCCC3O)C(C)C1. The summed E-state index contributed by atoms with van der Waals surface area (Å²) in [7, 11) is 0. The number of nitrogens with zero attached hydrogens (tertiary/aromatic N) is 2. The third-order valence-electron chi connectivity index (χ3n) is 4.30. The van der Waals surface area contributed by atoms with Gasteiger partial charge < -0.3 is 10.0 Å². The van der Waals surface area contributed by atoms with Crippen LogP contribution in [0.2, 0.25) is 0 Å². The molecule has 18 heavy (non-hydrogen) atoms. The molecule has 3 unspecified atom stereocenters. The van der Waals surface area contributed by atoms with E-state index in [1.807, 2.05) is 0 Å². The Labute approximate surface area is 113 Å². The molecule has 0 saturated carbocycles. The van der Waals surface area contributed by atoms with Crippen molar-refractivity contribution in [1.82, 2.24) is 4.98 Å². The van der Waals surface area contributed by atoms with Gasteiger partial charge in [0.15, 0.2) is 5.13 Å². The van der Waals surface area contributed by atoms with Crippen molar-refractivity contribution in [2.45, 2.75) is 58.1 Å². The van der Waals surface area contributed by atoms with E-state index in [0.29, 0.717) is 6.04 Å². The number of hydrogen-bond donors (Lipinski definition) is 1. The van der Waals surface area contributed by atoms with Crippen LogP contribution >= 0.6 is 11.3 Å². The maximum absolute atomic E-state index is 10.0. The van der Waals surface area contributed by atoms with Gasteiger partial charge in [0.05, 0.1) is 11.8 Å². The summed E-state index contributed by atoms with van der Waals surface area (Å²) in [6, 6.07) is 0.582. The molecule has 2 heterocycles. The molecule has 1 fully saturated rings. The van der Waals surface area contributed by atoms with Crippen LogP contribution in [0.3, 0.4) is 0 Å². The minimum Gasteiger partial charge on any atom is -0.387 e. The maximum atomic E-state index is 10.0. The molecule has 4 heteroatoms. The highest BCUT2D eigenvalue weighted by Crippen LogP contribution is 2.38. The van der Waals surface area contributed by atoms with Gasteiger partial charge in [0.25, 0.3) is 0 Å². The molecule has 0 aromatic carbocycles. The number of aliphatic hydroxyl groups excluding tert-OH is 1. The van der Waals surface area contributed by atoms with Crippen LogP contribution in [0.4, 0.5) is 5.13 Å². The zero-order valence-electron chi connectivity index (χ0n) is 11.2. The van der Waals surface area contributed by atoms with Gasteiger partial charge in [-0.1, -0.05) is 6.92 Å². The molecule has 1 aliphatic heterocycles. The molecule has 3 nitrogen and oxygen atoms in total. The van der Waals surface area contributed by atoms with Crippen LogP contribution in [0.5, 0.6) is 0 Å². The zero-order chi connectivity index (χ0) is 12.7. The van der Waals surface area contributed by atoms with Gasteiger partial charge in [-0.05, 0) is 44.9 Å². The van der Waals surface area contributed by atoms with E-state index in [4.69, 9.17) is 4.98 Å². The summed E-state index contributed by atoms with van der Waals surface area (Å²) < 4.78 is 0. The highest BCUT2D eigenvalue weighted by atomic mass is 32.1. The van der Waals surface area contributed by atoms with Crippen LogP contribution in [0.15, 0.2) is 0 Å². The summed E-state index contributed by atoms with van der Waals surface area (Å²) in [5.74, 6) is 0.830. The van der Waals surface area contributed by atoms with E-state index >= 15 is 0 Å². The molecule has 0 spiro atoms. The summed E-state index contributed by atoms with van der Waals surface area (Å²) in [4.78, 5) is 8.48. The average molecular weight is 266 g/mol. The minimum atomic E-state index is -0.322. The lowest BCUT2D eigenvalue weighted by Gasteiger charge is -2.36. The lowest BCUT2D eigenvalue weighted by atomic mass is 9.94. The highest BCUT2D eigenvalue weighted by molar-refractivity contribution is 7.15. The first-order valence-corrected chi connectivity index (χ1v) is 7.91. The van der Waals surface area contributed by atoms with E-state index in [1.165, 1.54) is 17.7 Å². The van der Waals surface area contributed by atoms with Gasteiger partial charge in [0.1, 0.15) is 0 Å². The Balaban J connectivity index is 1.84. The standard InChI is InChI=1S/C14H22N2OS/c1-9-6-7-16(10(2)8-9)14-15-13-11(17)4-3-5-12(13)18-14/h9-11,17H,3-8H2,1-2H3. The van der Waals surface area contributed by atoms with Crippen molar-refractivity contribution in [3.8, 4) is 0 Å². The normalized spacial score (nSPS) is 32.4. The molecule has 1 aliphatic carbocycles. The fourth-order valence-corrected chi connectivity index (χ4v) is 4.48. The highest BCUT2D eigenvalue weighted by Gasteiger charge is 2.29. The summed E-state index contributed by atoms with van der Waals surface area (Å²) in [6.45, 7) is 5.75. The van der Waals surface area contributed by atoms with Crippen molar-refractivity contribution in [3.63, 3.8) is 0 Å². The second kappa shape index (κ2) is 4.82. The van der Waals surface area contributed by atoms with Gasteiger partial charge in [-0.3, -0.25) is 0 Å². The number of aryl methyl sites for hydroxylation is 1. The monoisotopic (exact) mass is 266 g/mol. The lowest BCUT2D eigenvalue weighted by molar-refractivity contribution is 0.153. The number of aliphatic hydroxyl groups is 1. The molecule has 1 aromatic rings. The van der Waals surface area contributed by atoms with E-state index in [-0.39, 0.29) is 6.10 Å². The van der Waals surface area contributed by atoms with Crippen LogP contribution < -0.4 is 4.90 Å². The second-order valence-corrected chi connectivity index (χ2v) is 6.95. The first-order chi connectivity index (χ1) is 8.65. The third-order valence-corrected chi connectivity index (χ3v) is 5.47. The van der Waals surface area contributed by atoms with Crippen molar-refractivity contribution in [2.75, 3.05) is 11.4 Å². The molecule has 3 atom stereocenters. The van der Waals surface area contributed by atoms with E-state index in [1.54, 1.807) is 11.3 Å². The molecular weight excluding hydrogens is 244 g/mol. The van der Waals surface area contributed by atoms with Crippen LogP contribution in [0.25, 0.3) is 0 Å². The van der Waals surface area contributed by atoms with Crippen LogP contribution in [0, 0.1) is 5.92 Å². The van der Waals surface area contributed by atoms with Crippen molar-refractivity contribution in [1.29, 1.82) is 0 Å². The second-order valence-electron chi connectivity index (χ2n) is 5.88. The largest absolute Gasteiger partial charge is 0.387 e. The van der Waals surface area contributed by atoms with Gasteiger partial charge in [-0.2, -0.15) is 0 Å². The van der Waals surface area contributed by atoms with Crippen LogP contribution in [-0.4, -0.2) is 22.7 Å². The molecule has 0 radical (unpaired) electrons. The van der Waals surface area contributed by atoms with Crippen molar-refractivity contribution in [3.05, 3.63) is 10.6 Å². The van der Waals surface area contributed by atoms with Crippen molar-refractivity contribution >= 4 is 16.5 Å². The van der Waals surface area contributed by atoms with Crippen LogP contribution in [0.1, 0.15) is 56.2 Å². The first kappa shape index (κ1) is 12.4. The number of hydrogen-bond acceptors (Lipinski definition) is 4. The van der Waals surface area contributed by atoms with Crippen LogP contribution in [-0.2, 0) is 6.42 Å². The summed E-state index contributed by atoms with van der Waals surface area (Å²) in [5.41, 5.74) is 0.965. The van der Waals surface area contributed by atoms with Gasteiger partial charge in [-0.25, -0.2) is 4.98 Å². The number of aromatic nitrogens is 1. The minimum absolute atomic E-state index is 0.322. The quantitative estimate of drug-likeness (QED) is 0.848. The number of thiazole rings is 1. The third kappa shape index (κ3) is 2.16. The molecule has 0 amide bonds.